The lowest BCUT2D eigenvalue weighted by atomic mass is 10.1. The van der Waals surface area contributed by atoms with E-state index >= 15 is 0 Å². The lowest BCUT2D eigenvalue weighted by Crippen LogP contribution is -2.13. The zero-order chi connectivity index (χ0) is 23.1. The molecule has 0 saturated carbocycles. The van der Waals surface area contributed by atoms with Gasteiger partial charge >= 0.3 is 0 Å². The number of aryl methyl sites for hydroxylation is 1. The summed E-state index contributed by atoms with van der Waals surface area (Å²) in [6, 6.07) is 5.16. The number of carboxylic acid groups (broad SMARTS) is 1. The molecule has 1 aromatic rings. The summed E-state index contributed by atoms with van der Waals surface area (Å²) < 4.78 is 19.3. The van der Waals surface area contributed by atoms with Crippen molar-refractivity contribution in [1.29, 1.82) is 0 Å². The highest BCUT2D eigenvalue weighted by molar-refractivity contribution is 8.14. The third kappa shape index (κ3) is 10.2. The Labute approximate surface area is 187 Å². The van der Waals surface area contributed by atoms with Crippen molar-refractivity contribution < 1.29 is 24.1 Å². The van der Waals surface area contributed by atoms with Gasteiger partial charge in [0, 0.05) is 18.0 Å². The molecule has 0 aliphatic carbocycles. The third-order valence-electron chi connectivity index (χ3n) is 4.53. The molecule has 1 heterocycles. The fourth-order valence-corrected chi connectivity index (χ4v) is 3.73. The van der Waals surface area contributed by atoms with Crippen LogP contribution in [-0.2, 0) is 16.0 Å². The van der Waals surface area contributed by atoms with Crippen molar-refractivity contribution in [2.75, 3.05) is 24.2 Å². The van der Waals surface area contributed by atoms with E-state index in [9.17, 15) is 4.39 Å². The smallest absolute Gasteiger partial charge is 0.290 e. The van der Waals surface area contributed by atoms with Crippen molar-refractivity contribution in [2.24, 2.45) is 4.99 Å². The molecule has 3 N–H and O–H groups in total. The number of nitrogens with one attached hydrogen (secondary N) is 1. The number of nitrogens with zero attached hydrogens (tertiary/aromatic N) is 1. The summed E-state index contributed by atoms with van der Waals surface area (Å²) in [6.45, 7) is 6.95. The maximum Gasteiger partial charge on any atom is 0.290 e. The number of aliphatic hydroxyl groups is 1. The molecule has 1 atom stereocenters. The van der Waals surface area contributed by atoms with Crippen molar-refractivity contribution in [3.63, 3.8) is 0 Å². The van der Waals surface area contributed by atoms with Crippen LogP contribution in [0.25, 0.3) is 0 Å². The summed E-state index contributed by atoms with van der Waals surface area (Å²) in [5.41, 5.74) is 3.01. The molecule has 0 fully saturated rings. The molecule has 1 aromatic carbocycles. The molecule has 6 nitrogen and oxygen atoms in total. The number of carbonyl (C=O) groups is 1. The van der Waals surface area contributed by atoms with Crippen LogP contribution in [0.3, 0.4) is 0 Å². The Morgan fingerprint density at radius 2 is 2.10 bits per heavy atom. The highest BCUT2D eigenvalue weighted by Gasteiger charge is 2.18. The molecule has 0 saturated heterocycles. The number of benzene rings is 1. The van der Waals surface area contributed by atoms with Crippen LogP contribution in [0.15, 0.2) is 59.0 Å². The number of allylic oxidation sites excluding steroid dienone is 5. The maximum atomic E-state index is 13.5. The predicted octanol–water partition coefficient (Wildman–Crippen LogP) is 5.34. The van der Waals surface area contributed by atoms with Crippen molar-refractivity contribution in [3.8, 4) is 0 Å². The second-order valence-electron chi connectivity index (χ2n) is 6.69. The van der Waals surface area contributed by atoms with Gasteiger partial charge in [0.25, 0.3) is 6.47 Å². The second-order valence-corrected chi connectivity index (χ2v) is 7.79. The van der Waals surface area contributed by atoms with E-state index in [1.807, 2.05) is 26.0 Å². The van der Waals surface area contributed by atoms with Crippen LogP contribution >= 0.6 is 11.8 Å². The van der Waals surface area contributed by atoms with Crippen LogP contribution in [0.2, 0.25) is 0 Å². The molecule has 170 valence electrons. The number of hydrogen-bond acceptors (Lipinski definition) is 6. The first-order chi connectivity index (χ1) is 14.9. The number of aliphatic hydroxyl groups excluding tert-OH is 1. The number of halogens is 1. The number of rotatable bonds is 10. The van der Waals surface area contributed by atoms with E-state index in [1.54, 1.807) is 30.0 Å². The van der Waals surface area contributed by atoms with Crippen LogP contribution in [-0.4, -0.2) is 46.7 Å². The van der Waals surface area contributed by atoms with Crippen LogP contribution in [0, 0.1) is 5.82 Å². The highest BCUT2D eigenvalue weighted by Crippen LogP contribution is 2.23. The standard InChI is InChI=1S/C22H29FN2O2S.CH2O2/c1-4-18-8-9-19(23)13-21(18)24-11-10-20-15-28-22(25-20)14-27-17(3)16(2)7-5-6-12-26;2-1-3/h5-9,12-13,20,24,26H,4,10-11,14-15H2,1-3H3;1H,(H,2,3)/b7-5-,12-6+,17-16+;. The number of hydrogen-bond donors (Lipinski definition) is 3. The van der Waals surface area contributed by atoms with Gasteiger partial charge in [-0.15, -0.1) is 11.8 Å². The molecule has 1 unspecified atom stereocenters. The third-order valence-corrected chi connectivity index (χ3v) is 5.63. The summed E-state index contributed by atoms with van der Waals surface area (Å²) in [4.78, 5) is 13.1. The predicted molar refractivity (Wildman–Crippen MR) is 126 cm³/mol. The molecule has 1 aliphatic rings. The van der Waals surface area contributed by atoms with E-state index in [-0.39, 0.29) is 18.3 Å². The summed E-state index contributed by atoms with van der Waals surface area (Å²) in [5, 5.41) is 19.9. The maximum absolute atomic E-state index is 13.5. The zero-order valence-electron chi connectivity index (χ0n) is 18.2. The van der Waals surface area contributed by atoms with Crippen molar-refractivity contribution in [1.82, 2.24) is 0 Å². The molecule has 2 rings (SSSR count). The van der Waals surface area contributed by atoms with Gasteiger partial charge in [0.1, 0.15) is 17.5 Å². The van der Waals surface area contributed by atoms with E-state index in [0.29, 0.717) is 6.61 Å². The molecule has 0 radical (unpaired) electrons. The average Bonchev–Trinajstić information content (AvgIpc) is 3.20. The molecule has 0 amide bonds. The summed E-state index contributed by atoms with van der Waals surface area (Å²) >= 11 is 1.73. The molecule has 0 bridgehead atoms. The van der Waals surface area contributed by atoms with E-state index < -0.39 is 0 Å². The van der Waals surface area contributed by atoms with Gasteiger partial charge < -0.3 is 20.3 Å². The van der Waals surface area contributed by atoms with E-state index in [1.165, 1.54) is 6.07 Å². The van der Waals surface area contributed by atoms with E-state index in [0.717, 1.165) is 59.0 Å². The molecule has 8 heteroatoms. The van der Waals surface area contributed by atoms with E-state index in [2.05, 4.69) is 12.2 Å². The number of anilines is 1. The van der Waals surface area contributed by atoms with Gasteiger partial charge in [0.15, 0.2) is 0 Å². The molecular weight excluding hydrogens is 419 g/mol. The molecule has 0 spiro atoms. The van der Waals surface area contributed by atoms with Gasteiger partial charge in [-0.05, 0) is 56.0 Å². The monoisotopic (exact) mass is 450 g/mol. The fourth-order valence-electron chi connectivity index (χ4n) is 2.74. The van der Waals surface area contributed by atoms with Crippen LogP contribution in [0.4, 0.5) is 10.1 Å². The Bertz CT molecular complexity index is 822. The normalized spacial score (nSPS) is 16.5. The topological polar surface area (TPSA) is 91.1 Å². The van der Waals surface area contributed by atoms with E-state index in [4.69, 9.17) is 24.7 Å². The van der Waals surface area contributed by atoms with Crippen LogP contribution in [0.1, 0.15) is 32.8 Å². The quantitative estimate of drug-likeness (QED) is 0.253. The first kappa shape index (κ1) is 26.3. The fraction of sp³-hybridized carbons (Fsp3) is 0.391. The lowest BCUT2D eigenvalue weighted by molar-refractivity contribution is -0.122. The van der Waals surface area contributed by atoms with Crippen molar-refractivity contribution >= 4 is 29.0 Å². The zero-order valence-corrected chi connectivity index (χ0v) is 19.0. The Morgan fingerprint density at radius 3 is 2.77 bits per heavy atom. The Kier molecular flexibility index (Phi) is 12.8. The first-order valence-corrected chi connectivity index (χ1v) is 11.0. The van der Waals surface area contributed by atoms with Crippen LogP contribution < -0.4 is 5.32 Å². The largest absolute Gasteiger partial charge is 0.516 e. The minimum atomic E-state index is -0.250. The Morgan fingerprint density at radius 1 is 1.35 bits per heavy atom. The minimum Gasteiger partial charge on any atom is -0.516 e. The average molecular weight is 451 g/mol. The second kappa shape index (κ2) is 15.1. The van der Waals surface area contributed by atoms with Gasteiger partial charge in [-0.2, -0.15) is 0 Å². The first-order valence-electron chi connectivity index (χ1n) is 10.0. The van der Waals surface area contributed by atoms with Crippen molar-refractivity contribution in [2.45, 2.75) is 39.7 Å². The van der Waals surface area contributed by atoms with Gasteiger partial charge in [-0.1, -0.05) is 25.1 Å². The number of ether oxygens (including phenoxy) is 1. The van der Waals surface area contributed by atoms with Gasteiger partial charge in [0.2, 0.25) is 0 Å². The van der Waals surface area contributed by atoms with Gasteiger partial charge in [0.05, 0.1) is 18.1 Å². The molecule has 1 aliphatic heterocycles. The number of thioether (sulfide) groups is 1. The lowest BCUT2D eigenvalue weighted by Gasteiger charge is -2.12. The number of aliphatic imine (C=N–C) groups is 1. The Balaban J connectivity index is 0.00000151. The molecular formula is C23H31FN2O4S. The van der Waals surface area contributed by atoms with Gasteiger partial charge in [-0.3, -0.25) is 9.79 Å². The molecule has 31 heavy (non-hydrogen) atoms. The molecule has 0 aromatic heterocycles. The summed E-state index contributed by atoms with van der Waals surface area (Å²) in [6.07, 6.45) is 7.97. The van der Waals surface area contributed by atoms with Gasteiger partial charge in [-0.25, -0.2) is 4.39 Å². The summed E-state index contributed by atoms with van der Waals surface area (Å²) in [7, 11) is 0. The SMILES string of the molecule is CCc1ccc(F)cc1NCCC1CSC(CO/C(C)=C(C)/C=C\C=C\O)=N1.O=CO. The Hall–Kier alpha value is -2.74. The minimum absolute atomic E-state index is 0.213. The van der Waals surface area contributed by atoms with Crippen LogP contribution in [0.5, 0.6) is 0 Å². The van der Waals surface area contributed by atoms with Crippen molar-refractivity contribution in [3.05, 3.63) is 65.4 Å². The highest BCUT2D eigenvalue weighted by atomic mass is 32.2. The summed E-state index contributed by atoms with van der Waals surface area (Å²) in [5.74, 6) is 1.58.